The van der Waals surface area contributed by atoms with Crippen molar-refractivity contribution in [2.75, 3.05) is 0 Å². The van der Waals surface area contributed by atoms with Crippen LogP contribution in [-0.4, -0.2) is 28.2 Å². The predicted octanol–water partition coefficient (Wildman–Crippen LogP) is 3.46. The van der Waals surface area contributed by atoms with Crippen molar-refractivity contribution >= 4 is 5.78 Å². The average Bonchev–Trinajstić information content (AvgIpc) is 2.54. The number of fused-ring (bicyclic) bond motifs is 1. The predicted molar refractivity (Wildman–Crippen MR) is 86.4 cm³/mol. The quantitative estimate of drug-likeness (QED) is 0.817. The normalized spacial score (nSPS) is 40.9. The molecule has 0 spiro atoms. The summed E-state index contributed by atoms with van der Waals surface area (Å²) < 4.78 is 0. The minimum Gasteiger partial charge on any atom is -0.393 e. The monoisotopic (exact) mass is 308 g/mol. The Balaban J connectivity index is 1.57. The van der Waals surface area contributed by atoms with Gasteiger partial charge in [-0.25, -0.2) is 0 Å². The van der Waals surface area contributed by atoms with Gasteiger partial charge in [-0.15, -0.1) is 0 Å². The van der Waals surface area contributed by atoms with Gasteiger partial charge in [0.2, 0.25) is 0 Å². The number of aliphatic hydroxyl groups excluding tert-OH is 2. The molecular weight excluding hydrogens is 276 g/mol. The molecule has 22 heavy (non-hydrogen) atoms. The lowest BCUT2D eigenvalue weighted by Gasteiger charge is -2.56. The van der Waals surface area contributed by atoms with Gasteiger partial charge in [0.25, 0.3) is 0 Å². The highest BCUT2D eigenvalue weighted by Crippen LogP contribution is 2.58. The van der Waals surface area contributed by atoms with Gasteiger partial charge in [0.15, 0.2) is 0 Å². The Labute approximate surface area is 134 Å². The zero-order valence-corrected chi connectivity index (χ0v) is 14.0. The van der Waals surface area contributed by atoms with Crippen molar-refractivity contribution in [3.63, 3.8) is 0 Å². The van der Waals surface area contributed by atoms with Crippen molar-refractivity contribution in [2.24, 2.45) is 23.2 Å². The molecule has 0 aromatic heterocycles. The van der Waals surface area contributed by atoms with Gasteiger partial charge in [-0.05, 0) is 62.7 Å². The average molecular weight is 308 g/mol. The molecule has 0 aromatic rings. The van der Waals surface area contributed by atoms with Crippen LogP contribution in [0.15, 0.2) is 0 Å². The topological polar surface area (TPSA) is 57.5 Å². The summed E-state index contributed by atoms with van der Waals surface area (Å²) in [6.07, 6.45) is 10.6. The largest absolute Gasteiger partial charge is 0.393 e. The third-order valence-corrected chi connectivity index (χ3v) is 7.19. The first-order chi connectivity index (χ1) is 10.6. The number of carbonyl (C=O) groups is 1. The van der Waals surface area contributed by atoms with Crippen LogP contribution in [0.5, 0.6) is 0 Å². The zero-order chi connectivity index (χ0) is 15.7. The van der Waals surface area contributed by atoms with E-state index in [1.165, 1.54) is 19.3 Å². The molecule has 0 heterocycles. The Bertz CT molecular complexity index is 401. The van der Waals surface area contributed by atoms with E-state index in [1.807, 2.05) is 0 Å². The number of carbonyl (C=O) groups excluding carboxylic acids is 1. The smallest absolute Gasteiger partial charge is 0.139 e. The van der Waals surface area contributed by atoms with E-state index in [-0.39, 0.29) is 23.5 Å². The lowest BCUT2D eigenvalue weighted by Crippen LogP contribution is -2.58. The summed E-state index contributed by atoms with van der Waals surface area (Å²) in [5.74, 6) is 1.48. The SMILES string of the molecule is CC[C@]12CC[C@@H](O)[C@H](CC[C@@H](O)C3CCCCC3)[C@H]1CC2=O. The standard InChI is InChI=1S/C19H32O3/c1-2-19-11-10-17(21)14(15(19)12-18(19)22)8-9-16(20)13-6-4-3-5-7-13/h13-17,20-21H,2-12H2,1H3/t14-,15-,16-,17-,19+/m1/s1. The molecule has 3 rings (SSSR count). The lowest BCUT2D eigenvalue weighted by molar-refractivity contribution is -0.165. The number of rotatable bonds is 5. The van der Waals surface area contributed by atoms with Crippen LogP contribution in [0, 0.1) is 23.2 Å². The molecule has 0 saturated heterocycles. The fourth-order valence-electron chi connectivity index (χ4n) is 5.60. The summed E-state index contributed by atoms with van der Waals surface area (Å²) in [7, 11) is 0. The van der Waals surface area contributed by atoms with E-state index < -0.39 is 0 Å². The highest BCUT2D eigenvalue weighted by Gasteiger charge is 2.59. The van der Waals surface area contributed by atoms with Gasteiger partial charge >= 0.3 is 0 Å². The van der Waals surface area contributed by atoms with Crippen LogP contribution in [0.25, 0.3) is 0 Å². The Hall–Kier alpha value is -0.410. The zero-order valence-electron chi connectivity index (χ0n) is 14.0. The lowest BCUT2D eigenvalue weighted by atomic mass is 9.47. The van der Waals surface area contributed by atoms with Crippen LogP contribution in [-0.2, 0) is 4.79 Å². The second-order valence-corrected chi connectivity index (χ2v) is 8.06. The van der Waals surface area contributed by atoms with Gasteiger partial charge in [0.1, 0.15) is 5.78 Å². The van der Waals surface area contributed by atoms with E-state index in [9.17, 15) is 15.0 Å². The molecule has 3 nitrogen and oxygen atoms in total. The van der Waals surface area contributed by atoms with Crippen molar-refractivity contribution in [1.82, 2.24) is 0 Å². The fraction of sp³-hybridized carbons (Fsp3) is 0.947. The molecule has 3 aliphatic carbocycles. The summed E-state index contributed by atoms with van der Waals surface area (Å²) in [6, 6.07) is 0. The van der Waals surface area contributed by atoms with Gasteiger partial charge in [-0.3, -0.25) is 4.79 Å². The summed E-state index contributed by atoms with van der Waals surface area (Å²) in [4.78, 5) is 12.1. The molecule has 0 radical (unpaired) electrons. The maximum Gasteiger partial charge on any atom is 0.139 e. The van der Waals surface area contributed by atoms with Crippen LogP contribution >= 0.6 is 0 Å². The van der Waals surface area contributed by atoms with Crippen LogP contribution < -0.4 is 0 Å². The molecule has 2 N–H and O–H groups in total. The van der Waals surface area contributed by atoms with Crippen molar-refractivity contribution in [3.05, 3.63) is 0 Å². The van der Waals surface area contributed by atoms with E-state index in [0.717, 1.165) is 44.9 Å². The van der Waals surface area contributed by atoms with Gasteiger partial charge in [0, 0.05) is 11.8 Å². The maximum absolute atomic E-state index is 12.1. The van der Waals surface area contributed by atoms with Gasteiger partial charge in [0.05, 0.1) is 12.2 Å². The van der Waals surface area contributed by atoms with Gasteiger partial charge in [-0.2, -0.15) is 0 Å². The molecule has 0 bridgehead atoms. The molecule has 3 saturated carbocycles. The van der Waals surface area contributed by atoms with E-state index in [1.54, 1.807) is 0 Å². The molecule has 3 aliphatic rings. The molecule has 126 valence electrons. The molecule has 5 atom stereocenters. The van der Waals surface area contributed by atoms with E-state index in [2.05, 4.69) is 6.92 Å². The van der Waals surface area contributed by atoms with E-state index >= 15 is 0 Å². The van der Waals surface area contributed by atoms with E-state index in [4.69, 9.17) is 0 Å². The molecule has 3 fully saturated rings. The van der Waals surface area contributed by atoms with Gasteiger partial charge < -0.3 is 10.2 Å². The van der Waals surface area contributed by atoms with Crippen molar-refractivity contribution in [3.8, 4) is 0 Å². The number of hydrogen-bond donors (Lipinski definition) is 2. The number of aliphatic hydroxyl groups is 2. The molecule has 0 aliphatic heterocycles. The fourth-order valence-corrected chi connectivity index (χ4v) is 5.60. The number of ketones is 1. The molecule has 0 unspecified atom stereocenters. The minimum atomic E-state index is -0.267. The highest BCUT2D eigenvalue weighted by atomic mass is 16.3. The molecule has 3 heteroatoms. The second-order valence-electron chi connectivity index (χ2n) is 8.06. The van der Waals surface area contributed by atoms with Crippen LogP contribution in [0.1, 0.15) is 77.6 Å². The summed E-state index contributed by atoms with van der Waals surface area (Å²) in [5.41, 5.74) is -0.125. The summed E-state index contributed by atoms with van der Waals surface area (Å²) in [5, 5.41) is 20.9. The van der Waals surface area contributed by atoms with E-state index in [0.29, 0.717) is 24.0 Å². The third-order valence-electron chi connectivity index (χ3n) is 7.19. The molecule has 0 amide bonds. The summed E-state index contributed by atoms with van der Waals surface area (Å²) in [6.45, 7) is 2.12. The van der Waals surface area contributed by atoms with Gasteiger partial charge in [-0.1, -0.05) is 26.2 Å². The Morgan fingerprint density at radius 3 is 2.59 bits per heavy atom. The maximum atomic E-state index is 12.1. The first-order valence-corrected chi connectivity index (χ1v) is 9.48. The van der Waals surface area contributed by atoms with Crippen molar-refractivity contribution in [2.45, 2.75) is 89.8 Å². The van der Waals surface area contributed by atoms with Crippen molar-refractivity contribution < 1.29 is 15.0 Å². The number of Topliss-reactive ketones (excluding diaryl/α,β-unsaturated/α-hetero) is 1. The van der Waals surface area contributed by atoms with Crippen LogP contribution in [0.2, 0.25) is 0 Å². The Morgan fingerprint density at radius 1 is 1.23 bits per heavy atom. The second kappa shape index (κ2) is 6.60. The first kappa shape index (κ1) is 16.4. The number of hydrogen-bond acceptors (Lipinski definition) is 3. The molecular formula is C19H32O3. The summed E-state index contributed by atoms with van der Waals surface area (Å²) >= 11 is 0. The highest BCUT2D eigenvalue weighted by molar-refractivity contribution is 5.91. The Kier molecular flexibility index (Phi) is 4.94. The Morgan fingerprint density at radius 2 is 1.95 bits per heavy atom. The van der Waals surface area contributed by atoms with Crippen LogP contribution in [0.4, 0.5) is 0 Å². The van der Waals surface area contributed by atoms with Crippen molar-refractivity contribution in [1.29, 1.82) is 0 Å². The first-order valence-electron chi connectivity index (χ1n) is 9.48. The third kappa shape index (κ3) is 2.75. The minimum absolute atomic E-state index is 0.125. The van der Waals surface area contributed by atoms with Crippen LogP contribution in [0.3, 0.4) is 0 Å². The molecule has 0 aromatic carbocycles.